The lowest BCUT2D eigenvalue weighted by atomic mass is 10.0. The molecule has 0 aromatic heterocycles. The van der Waals surface area contributed by atoms with Gasteiger partial charge in [0.2, 0.25) is 0 Å². The number of hydrogen-bond acceptors (Lipinski definition) is 2. The first kappa shape index (κ1) is 12.7. The number of hydrogen-bond donors (Lipinski definition) is 1. The largest absolute Gasteiger partial charge is 0.481 e. The molecule has 1 fully saturated rings. The Bertz CT molecular complexity index is 452. The van der Waals surface area contributed by atoms with Gasteiger partial charge in [-0.2, -0.15) is 0 Å². The van der Waals surface area contributed by atoms with Crippen LogP contribution in [0.1, 0.15) is 30.4 Å². The lowest BCUT2D eigenvalue weighted by molar-refractivity contribution is -0.138. The molecule has 0 spiro atoms. The van der Waals surface area contributed by atoms with Crippen molar-refractivity contribution >= 4 is 5.97 Å². The summed E-state index contributed by atoms with van der Waals surface area (Å²) in [7, 11) is 0. The lowest BCUT2D eigenvalue weighted by Gasteiger charge is -2.25. The van der Waals surface area contributed by atoms with E-state index in [9.17, 15) is 4.79 Å². The predicted molar refractivity (Wildman–Crippen MR) is 74.2 cm³/mol. The summed E-state index contributed by atoms with van der Waals surface area (Å²) in [6, 6.07) is 8.68. The maximum atomic E-state index is 10.9. The van der Waals surface area contributed by atoms with Gasteiger partial charge in [-0.1, -0.05) is 24.3 Å². The van der Waals surface area contributed by atoms with E-state index in [1.807, 2.05) is 0 Å². The van der Waals surface area contributed by atoms with E-state index in [2.05, 4.69) is 29.2 Å². The quantitative estimate of drug-likeness (QED) is 0.902. The van der Waals surface area contributed by atoms with Gasteiger partial charge in [-0.25, -0.2) is 0 Å². The first-order valence-electron chi connectivity index (χ1n) is 7.18. The van der Waals surface area contributed by atoms with Crippen LogP contribution in [-0.2, 0) is 17.6 Å². The molecule has 3 heteroatoms. The van der Waals surface area contributed by atoms with E-state index < -0.39 is 5.97 Å². The summed E-state index contributed by atoms with van der Waals surface area (Å²) < 4.78 is 0. The van der Waals surface area contributed by atoms with E-state index >= 15 is 0 Å². The minimum Gasteiger partial charge on any atom is -0.481 e. The molecule has 1 heterocycles. The van der Waals surface area contributed by atoms with Crippen LogP contribution in [0, 0.1) is 5.41 Å². The van der Waals surface area contributed by atoms with Crippen molar-refractivity contribution in [3.05, 3.63) is 35.4 Å². The number of fused-ring (bicyclic) bond motifs is 1. The molecule has 19 heavy (non-hydrogen) atoms. The van der Waals surface area contributed by atoms with E-state index in [1.54, 1.807) is 0 Å². The molecule has 0 saturated heterocycles. The molecule has 1 aliphatic carbocycles. The third-order valence-electron chi connectivity index (χ3n) is 4.56. The van der Waals surface area contributed by atoms with Gasteiger partial charge in [0.15, 0.2) is 0 Å². The minimum absolute atomic E-state index is 0.0857. The zero-order chi connectivity index (χ0) is 13.3. The zero-order valence-electron chi connectivity index (χ0n) is 11.3. The van der Waals surface area contributed by atoms with Gasteiger partial charge in [0.05, 0.1) is 6.42 Å². The monoisotopic (exact) mass is 259 g/mol. The summed E-state index contributed by atoms with van der Waals surface area (Å²) in [5, 5.41) is 9.00. The molecule has 1 aromatic carbocycles. The van der Waals surface area contributed by atoms with Gasteiger partial charge < -0.3 is 10.0 Å². The average Bonchev–Trinajstić information content (AvgIpc) is 3.14. The fraction of sp³-hybridized carbons (Fsp3) is 0.562. The van der Waals surface area contributed by atoms with Crippen molar-refractivity contribution < 1.29 is 9.90 Å². The van der Waals surface area contributed by atoms with Crippen LogP contribution in [0.15, 0.2) is 24.3 Å². The summed E-state index contributed by atoms with van der Waals surface area (Å²) in [5.74, 6) is -0.643. The van der Waals surface area contributed by atoms with Gasteiger partial charge in [-0.15, -0.1) is 0 Å². The minimum atomic E-state index is -0.643. The van der Waals surface area contributed by atoms with Crippen molar-refractivity contribution in [2.24, 2.45) is 5.41 Å². The summed E-state index contributed by atoms with van der Waals surface area (Å²) in [5.41, 5.74) is 3.02. The van der Waals surface area contributed by atoms with Crippen LogP contribution >= 0.6 is 0 Å². The lowest BCUT2D eigenvalue weighted by Crippen LogP contribution is -2.33. The Kier molecular flexibility index (Phi) is 3.31. The van der Waals surface area contributed by atoms with E-state index in [0.29, 0.717) is 6.42 Å². The standard InChI is InChI=1S/C16H21NO2/c18-15(19)11-16(7-8-16)12-17-9-5-13-3-1-2-4-14(13)6-10-17/h1-4H,5-12H2,(H,18,19). The molecule has 1 aliphatic heterocycles. The fourth-order valence-electron chi connectivity index (χ4n) is 3.24. The highest BCUT2D eigenvalue weighted by Crippen LogP contribution is 2.49. The van der Waals surface area contributed by atoms with Crippen LogP contribution in [0.4, 0.5) is 0 Å². The van der Waals surface area contributed by atoms with Gasteiger partial charge in [0.1, 0.15) is 0 Å². The van der Waals surface area contributed by atoms with Crippen molar-refractivity contribution in [2.75, 3.05) is 19.6 Å². The molecule has 1 aromatic rings. The van der Waals surface area contributed by atoms with E-state index in [0.717, 1.165) is 45.3 Å². The Morgan fingerprint density at radius 2 is 1.74 bits per heavy atom. The fourth-order valence-corrected chi connectivity index (χ4v) is 3.24. The van der Waals surface area contributed by atoms with Crippen molar-refractivity contribution in [2.45, 2.75) is 32.1 Å². The molecule has 2 aliphatic rings. The normalized spacial score (nSPS) is 21.5. The molecular formula is C16H21NO2. The number of carboxylic acids is 1. The third-order valence-corrected chi connectivity index (χ3v) is 4.56. The smallest absolute Gasteiger partial charge is 0.303 e. The second-order valence-corrected chi connectivity index (χ2v) is 6.12. The molecule has 3 rings (SSSR count). The van der Waals surface area contributed by atoms with Crippen molar-refractivity contribution in [1.82, 2.24) is 4.90 Å². The third kappa shape index (κ3) is 2.98. The second kappa shape index (κ2) is 4.97. The van der Waals surface area contributed by atoms with Gasteiger partial charge in [0.25, 0.3) is 0 Å². The Morgan fingerprint density at radius 3 is 2.21 bits per heavy atom. The van der Waals surface area contributed by atoms with Gasteiger partial charge in [-0.05, 0) is 42.2 Å². The molecule has 0 radical (unpaired) electrons. The SMILES string of the molecule is O=C(O)CC1(CN2CCc3ccccc3CC2)CC1. The number of rotatable bonds is 4. The van der Waals surface area contributed by atoms with Crippen molar-refractivity contribution in [3.63, 3.8) is 0 Å². The number of aliphatic carboxylic acids is 1. The topological polar surface area (TPSA) is 40.5 Å². The Morgan fingerprint density at radius 1 is 1.16 bits per heavy atom. The van der Waals surface area contributed by atoms with Crippen molar-refractivity contribution in [3.8, 4) is 0 Å². The molecule has 0 bridgehead atoms. The maximum absolute atomic E-state index is 10.9. The highest BCUT2D eigenvalue weighted by molar-refractivity contribution is 5.68. The molecule has 1 N–H and O–H groups in total. The van der Waals surface area contributed by atoms with E-state index in [1.165, 1.54) is 11.1 Å². The number of benzene rings is 1. The zero-order valence-corrected chi connectivity index (χ0v) is 11.3. The molecule has 0 atom stereocenters. The summed E-state index contributed by atoms with van der Waals surface area (Å²) in [6.07, 6.45) is 4.71. The Labute approximate surface area is 114 Å². The summed E-state index contributed by atoms with van der Waals surface area (Å²) >= 11 is 0. The second-order valence-electron chi connectivity index (χ2n) is 6.12. The van der Waals surface area contributed by atoms with Gasteiger partial charge >= 0.3 is 5.97 Å². The van der Waals surface area contributed by atoms with E-state index in [4.69, 9.17) is 5.11 Å². The molecule has 3 nitrogen and oxygen atoms in total. The summed E-state index contributed by atoms with van der Waals surface area (Å²) in [6.45, 7) is 3.10. The Balaban J connectivity index is 1.62. The first-order chi connectivity index (χ1) is 9.17. The highest BCUT2D eigenvalue weighted by atomic mass is 16.4. The molecule has 0 unspecified atom stereocenters. The maximum Gasteiger partial charge on any atom is 0.303 e. The van der Waals surface area contributed by atoms with Crippen molar-refractivity contribution in [1.29, 1.82) is 0 Å². The van der Waals surface area contributed by atoms with Crippen LogP contribution in [0.5, 0.6) is 0 Å². The number of nitrogens with zero attached hydrogens (tertiary/aromatic N) is 1. The molecule has 1 saturated carbocycles. The highest BCUT2D eigenvalue weighted by Gasteiger charge is 2.45. The summed E-state index contributed by atoms with van der Waals surface area (Å²) in [4.78, 5) is 13.4. The van der Waals surface area contributed by atoms with Crippen LogP contribution in [0.3, 0.4) is 0 Å². The Hall–Kier alpha value is -1.35. The van der Waals surface area contributed by atoms with Crippen LogP contribution in [0.2, 0.25) is 0 Å². The average molecular weight is 259 g/mol. The van der Waals surface area contributed by atoms with Gasteiger partial charge in [0, 0.05) is 19.6 Å². The van der Waals surface area contributed by atoms with Crippen LogP contribution in [0.25, 0.3) is 0 Å². The number of carboxylic acid groups (broad SMARTS) is 1. The van der Waals surface area contributed by atoms with E-state index in [-0.39, 0.29) is 5.41 Å². The van der Waals surface area contributed by atoms with Gasteiger partial charge in [-0.3, -0.25) is 4.79 Å². The predicted octanol–water partition coefficient (Wildman–Crippen LogP) is 2.34. The molecular weight excluding hydrogens is 238 g/mol. The molecule has 0 amide bonds. The van der Waals surface area contributed by atoms with Crippen LogP contribution < -0.4 is 0 Å². The van der Waals surface area contributed by atoms with Crippen LogP contribution in [-0.4, -0.2) is 35.6 Å². The molecule has 102 valence electrons. The first-order valence-corrected chi connectivity index (χ1v) is 7.18. The number of carbonyl (C=O) groups is 1.